The van der Waals surface area contributed by atoms with Gasteiger partial charge < -0.3 is 19.0 Å². The molecule has 0 fully saturated rings. The molecule has 1 atom stereocenters. The Morgan fingerprint density at radius 1 is 0.844 bits per heavy atom. The predicted octanol–water partition coefficient (Wildman–Crippen LogP) is 7.02. The van der Waals surface area contributed by atoms with Gasteiger partial charge in [0.25, 0.3) is 0 Å². The predicted molar refractivity (Wildman–Crippen MR) is 167 cm³/mol. The van der Waals surface area contributed by atoms with E-state index in [1.165, 1.54) is 6.07 Å². The summed E-state index contributed by atoms with van der Waals surface area (Å²) in [7, 11) is 0. The first-order valence-electron chi connectivity index (χ1n) is 14.8. The van der Waals surface area contributed by atoms with E-state index in [1.54, 1.807) is 24.3 Å². The van der Waals surface area contributed by atoms with Gasteiger partial charge in [0, 0.05) is 12.0 Å². The molecule has 0 amide bonds. The number of ether oxygens (including phenoxy) is 3. The Hall–Kier alpha value is -5.55. The maximum Gasteiger partial charge on any atom is 0.343 e. The number of allylic oxidation sites excluding steroid dienone is 2. The van der Waals surface area contributed by atoms with E-state index in [9.17, 15) is 19.6 Å². The summed E-state index contributed by atoms with van der Waals surface area (Å²) < 4.78 is 17.3. The average Bonchev–Trinajstić information content (AvgIpc) is 3.10. The summed E-state index contributed by atoms with van der Waals surface area (Å²) in [5.41, 5.74) is 4.44. The Labute approximate surface area is 261 Å². The Morgan fingerprint density at radius 3 is 2.11 bits per heavy atom. The smallest absolute Gasteiger partial charge is 0.343 e. The number of rotatable bonds is 12. The molecule has 45 heavy (non-hydrogen) atoms. The number of carbonyl (C=O) groups excluding carboxylic acids is 3. The summed E-state index contributed by atoms with van der Waals surface area (Å²) in [5.74, 6) is -0.824. The van der Waals surface area contributed by atoms with Crippen LogP contribution >= 0.6 is 0 Å². The molecule has 1 heterocycles. The third-order valence-corrected chi connectivity index (χ3v) is 7.61. The molecule has 0 saturated heterocycles. The SMILES string of the molecule is N#Cc1ccc(COc2nc(C3=CCC(CC=O)CC3)ccc2C(=O)OCc2ccccc2)c(C(=O)OCc2ccccc2)c1. The first-order valence-corrected chi connectivity index (χ1v) is 14.8. The maximum atomic E-state index is 13.2. The lowest BCUT2D eigenvalue weighted by Crippen LogP contribution is -2.14. The second-order valence-corrected chi connectivity index (χ2v) is 10.7. The van der Waals surface area contributed by atoms with Crippen LogP contribution in [0.1, 0.15) is 74.3 Å². The van der Waals surface area contributed by atoms with Crippen molar-refractivity contribution in [1.29, 1.82) is 5.26 Å². The topological polar surface area (TPSA) is 116 Å². The number of aromatic nitrogens is 1. The second-order valence-electron chi connectivity index (χ2n) is 10.7. The third kappa shape index (κ3) is 8.30. The van der Waals surface area contributed by atoms with E-state index in [1.807, 2.05) is 60.7 Å². The molecule has 0 spiro atoms. The van der Waals surface area contributed by atoms with Crippen LogP contribution in [0.3, 0.4) is 0 Å². The van der Waals surface area contributed by atoms with Crippen LogP contribution in [0, 0.1) is 17.2 Å². The van der Waals surface area contributed by atoms with Crippen molar-refractivity contribution < 1.29 is 28.6 Å². The molecular formula is C37H32N2O6. The highest BCUT2D eigenvalue weighted by molar-refractivity contribution is 5.93. The van der Waals surface area contributed by atoms with E-state index in [2.05, 4.69) is 12.1 Å². The molecule has 0 aliphatic heterocycles. The molecule has 8 heteroatoms. The quantitative estimate of drug-likeness (QED) is 0.126. The van der Waals surface area contributed by atoms with Crippen molar-refractivity contribution in [3.8, 4) is 11.9 Å². The third-order valence-electron chi connectivity index (χ3n) is 7.61. The molecule has 5 rings (SSSR count). The first-order chi connectivity index (χ1) is 22.0. The highest BCUT2D eigenvalue weighted by atomic mass is 16.5. The fraction of sp³-hybridized carbons (Fsp3) is 0.216. The highest BCUT2D eigenvalue weighted by Crippen LogP contribution is 2.32. The minimum atomic E-state index is -0.601. The zero-order valence-corrected chi connectivity index (χ0v) is 24.7. The Morgan fingerprint density at radius 2 is 1.51 bits per heavy atom. The Kier molecular flexibility index (Phi) is 10.5. The number of hydrogen-bond acceptors (Lipinski definition) is 8. The van der Waals surface area contributed by atoms with Crippen molar-refractivity contribution in [2.45, 2.75) is 45.5 Å². The molecule has 0 saturated carbocycles. The number of nitrogens with zero attached hydrogens (tertiary/aromatic N) is 2. The largest absolute Gasteiger partial charge is 0.472 e. The maximum absolute atomic E-state index is 13.2. The van der Waals surface area contributed by atoms with Crippen LogP contribution in [-0.4, -0.2) is 23.2 Å². The highest BCUT2D eigenvalue weighted by Gasteiger charge is 2.22. The normalized spacial score (nSPS) is 14.0. The van der Waals surface area contributed by atoms with Crippen LogP contribution in [0.5, 0.6) is 5.88 Å². The summed E-state index contributed by atoms with van der Waals surface area (Å²) in [6.07, 6.45) is 5.95. The molecule has 3 aromatic carbocycles. The second kappa shape index (κ2) is 15.3. The van der Waals surface area contributed by atoms with Gasteiger partial charge in [-0.3, -0.25) is 0 Å². The molecule has 0 radical (unpaired) electrons. The lowest BCUT2D eigenvalue weighted by molar-refractivity contribution is -0.108. The summed E-state index contributed by atoms with van der Waals surface area (Å²) in [6, 6.07) is 28.8. The average molecular weight is 601 g/mol. The van der Waals surface area contributed by atoms with Gasteiger partial charge in [0.2, 0.25) is 5.88 Å². The minimum Gasteiger partial charge on any atom is -0.472 e. The standard InChI is InChI=1S/C37H32N2O6/c38-22-29-13-16-31(33(21-29)37(42)45-24-28-9-5-2-6-10-28)25-43-35-32(36(41)44-23-27-7-3-1-4-8-27)17-18-34(39-35)30-14-11-26(12-15-30)19-20-40/h1-10,13-14,16-18,20-21,26H,11-12,15,19,23-25H2. The van der Waals surface area contributed by atoms with Crippen LogP contribution in [0.15, 0.2) is 97.1 Å². The van der Waals surface area contributed by atoms with Gasteiger partial charge in [-0.2, -0.15) is 5.26 Å². The molecule has 1 aliphatic rings. The number of aldehydes is 1. The Bertz CT molecular complexity index is 1730. The minimum absolute atomic E-state index is 0.0643. The Balaban J connectivity index is 1.39. The molecule has 1 aromatic heterocycles. The number of carbonyl (C=O) groups is 3. The summed E-state index contributed by atoms with van der Waals surface area (Å²) >= 11 is 0. The van der Waals surface area contributed by atoms with E-state index < -0.39 is 11.9 Å². The molecule has 0 bridgehead atoms. The molecule has 1 unspecified atom stereocenters. The van der Waals surface area contributed by atoms with E-state index in [4.69, 9.17) is 19.2 Å². The van der Waals surface area contributed by atoms with Crippen LogP contribution < -0.4 is 4.74 Å². The fourth-order valence-electron chi connectivity index (χ4n) is 5.07. The van der Waals surface area contributed by atoms with Gasteiger partial charge in [-0.15, -0.1) is 0 Å². The van der Waals surface area contributed by atoms with Crippen molar-refractivity contribution in [3.63, 3.8) is 0 Å². The van der Waals surface area contributed by atoms with Crippen LogP contribution in [0.2, 0.25) is 0 Å². The van der Waals surface area contributed by atoms with Crippen molar-refractivity contribution in [2.75, 3.05) is 0 Å². The molecule has 226 valence electrons. The monoisotopic (exact) mass is 600 g/mol. The zero-order valence-electron chi connectivity index (χ0n) is 24.7. The lowest BCUT2D eigenvalue weighted by atomic mass is 9.86. The summed E-state index contributed by atoms with van der Waals surface area (Å²) in [4.78, 5) is 42.1. The van der Waals surface area contributed by atoms with Gasteiger partial charge in [-0.05, 0) is 66.1 Å². The van der Waals surface area contributed by atoms with Crippen molar-refractivity contribution in [3.05, 3.63) is 136 Å². The fourth-order valence-corrected chi connectivity index (χ4v) is 5.07. The van der Waals surface area contributed by atoms with Crippen LogP contribution in [0.4, 0.5) is 0 Å². The van der Waals surface area contributed by atoms with Crippen LogP contribution in [-0.2, 0) is 34.1 Å². The number of pyridine rings is 1. The number of hydrogen-bond donors (Lipinski definition) is 0. The van der Waals surface area contributed by atoms with E-state index in [-0.39, 0.29) is 36.8 Å². The van der Waals surface area contributed by atoms with E-state index in [0.29, 0.717) is 29.2 Å². The van der Waals surface area contributed by atoms with Gasteiger partial charge in [0.1, 0.15) is 31.7 Å². The van der Waals surface area contributed by atoms with Crippen molar-refractivity contribution in [1.82, 2.24) is 4.98 Å². The van der Waals surface area contributed by atoms with Gasteiger partial charge in [-0.25, -0.2) is 14.6 Å². The summed E-state index contributed by atoms with van der Waals surface area (Å²) in [6.45, 7) is 0.0368. The molecular weight excluding hydrogens is 568 g/mol. The lowest BCUT2D eigenvalue weighted by Gasteiger charge is -2.20. The molecule has 0 N–H and O–H groups in total. The molecule has 4 aromatic rings. The zero-order chi connectivity index (χ0) is 31.4. The van der Waals surface area contributed by atoms with E-state index >= 15 is 0 Å². The van der Waals surface area contributed by atoms with Gasteiger partial charge in [0.05, 0.1) is 22.9 Å². The van der Waals surface area contributed by atoms with Gasteiger partial charge in [-0.1, -0.05) is 72.8 Å². The van der Waals surface area contributed by atoms with Crippen molar-refractivity contribution in [2.24, 2.45) is 5.92 Å². The van der Waals surface area contributed by atoms with Gasteiger partial charge >= 0.3 is 11.9 Å². The number of nitriles is 1. The summed E-state index contributed by atoms with van der Waals surface area (Å²) in [5, 5.41) is 9.46. The number of esters is 2. The molecule has 1 aliphatic carbocycles. The van der Waals surface area contributed by atoms with Crippen LogP contribution in [0.25, 0.3) is 5.57 Å². The van der Waals surface area contributed by atoms with E-state index in [0.717, 1.165) is 42.2 Å². The van der Waals surface area contributed by atoms with Gasteiger partial charge in [0.15, 0.2) is 0 Å². The number of benzene rings is 3. The first kappa shape index (κ1) is 30.9. The van der Waals surface area contributed by atoms with Crippen molar-refractivity contribution >= 4 is 23.8 Å². The molecule has 8 nitrogen and oxygen atoms in total.